The number of hydrogen-bond acceptors (Lipinski definition) is 2. The third kappa shape index (κ3) is 3.23. The Morgan fingerprint density at radius 1 is 0.621 bits per heavy atom. The highest BCUT2D eigenvalue weighted by Gasteiger charge is 2.17. The molecule has 0 spiro atoms. The minimum atomic E-state index is -1.48. The van der Waals surface area contributed by atoms with Crippen molar-refractivity contribution in [3.63, 3.8) is 0 Å². The molecule has 0 unspecified atom stereocenters. The lowest BCUT2D eigenvalue weighted by molar-refractivity contribution is 0.426. The number of hydrogen-bond donors (Lipinski definition) is 2. The second-order valence-electron chi connectivity index (χ2n) is 7.34. The molecule has 0 saturated heterocycles. The maximum Gasteiger partial charge on any atom is 0.488 e. The number of rotatable bonds is 4. The van der Waals surface area contributed by atoms with Crippen molar-refractivity contribution in [2.45, 2.75) is 6.42 Å². The second-order valence-corrected chi connectivity index (χ2v) is 7.34. The van der Waals surface area contributed by atoms with Gasteiger partial charge in [-0.25, -0.2) is 0 Å². The fourth-order valence-electron chi connectivity index (χ4n) is 4.05. The summed E-state index contributed by atoms with van der Waals surface area (Å²) < 4.78 is 2.23. The van der Waals surface area contributed by atoms with Gasteiger partial charge in [-0.2, -0.15) is 0 Å². The third-order valence-corrected chi connectivity index (χ3v) is 5.42. The van der Waals surface area contributed by atoms with E-state index in [9.17, 15) is 10.0 Å². The van der Waals surface area contributed by atoms with Gasteiger partial charge in [-0.05, 0) is 53.3 Å². The van der Waals surface area contributed by atoms with Gasteiger partial charge >= 0.3 is 7.12 Å². The third-order valence-electron chi connectivity index (χ3n) is 5.42. The van der Waals surface area contributed by atoms with Crippen molar-refractivity contribution in [2.75, 3.05) is 0 Å². The van der Waals surface area contributed by atoms with Crippen LogP contribution in [0.2, 0.25) is 0 Å². The number of nitrogens with zero attached hydrogens (tertiary/aromatic N) is 1. The van der Waals surface area contributed by atoms with Crippen LogP contribution in [0.4, 0.5) is 0 Å². The Morgan fingerprint density at radius 2 is 1.24 bits per heavy atom. The quantitative estimate of drug-likeness (QED) is 0.464. The highest BCUT2D eigenvalue weighted by Crippen LogP contribution is 2.32. The number of fused-ring (bicyclic) bond motifs is 3. The van der Waals surface area contributed by atoms with Crippen LogP contribution in [0, 0.1) is 0 Å². The molecule has 4 aromatic carbocycles. The summed E-state index contributed by atoms with van der Waals surface area (Å²) in [5, 5.41) is 21.5. The number of benzene rings is 4. The zero-order valence-electron chi connectivity index (χ0n) is 15.9. The molecule has 3 nitrogen and oxygen atoms in total. The molecule has 5 aromatic rings. The van der Waals surface area contributed by atoms with Gasteiger partial charge in [-0.15, -0.1) is 0 Å². The molecule has 0 radical (unpaired) electrons. The SMILES string of the molecule is OB(O)c1ccc2c(c1)c1cc(Cc3ccccc3)ccc1n2-c1ccccc1. The molecule has 0 aliphatic carbocycles. The summed E-state index contributed by atoms with van der Waals surface area (Å²) in [4.78, 5) is 0. The first-order valence-corrected chi connectivity index (χ1v) is 9.73. The standard InChI is InChI=1S/C25H20BNO2/c28-26(29)20-12-14-25-23(17-20)22-16-19(15-18-7-3-1-4-8-18)11-13-24(22)27(25)21-9-5-2-6-10-21/h1-14,16-17,28-29H,15H2. The molecule has 0 atom stereocenters. The van der Waals surface area contributed by atoms with E-state index in [0.29, 0.717) is 5.46 Å². The number of aromatic nitrogens is 1. The summed E-state index contributed by atoms with van der Waals surface area (Å²) in [6.07, 6.45) is 0.858. The molecule has 29 heavy (non-hydrogen) atoms. The Balaban J connectivity index is 1.75. The van der Waals surface area contributed by atoms with Gasteiger partial charge in [-0.3, -0.25) is 0 Å². The Hall–Kier alpha value is -3.34. The summed E-state index contributed by atoms with van der Waals surface area (Å²) in [7, 11) is -1.48. The zero-order valence-corrected chi connectivity index (χ0v) is 15.9. The molecule has 4 heteroatoms. The first kappa shape index (κ1) is 17.7. The van der Waals surface area contributed by atoms with E-state index >= 15 is 0 Å². The van der Waals surface area contributed by atoms with E-state index in [1.165, 1.54) is 11.1 Å². The zero-order chi connectivity index (χ0) is 19.8. The molecule has 140 valence electrons. The second kappa shape index (κ2) is 7.24. The molecule has 2 N–H and O–H groups in total. The highest BCUT2D eigenvalue weighted by atomic mass is 16.4. The van der Waals surface area contributed by atoms with Crippen LogP contribution in [0.3, 0.4) is 0 Å². The molecule has 0 aliphatic heterocycles. The van der Waals surface area contributed by atoms with E-state index in [2.05, 4.69) is 59.2 Å². The van der Waals surface area contributed by atoms with Gasteiger partial charge < -0.3 is 14.6 Å². The van der Waals surface area contributed by atoms with Crippen LogP contribution in [0.1, 0.15) is 11.1 Å². The van der Waals surface area contributed by atoms with Crippen molar-refractivity contribution in [1.29, 1.82) is 0 Å². The molecule has 1 aromatic heterocycles. The predicted octanol–water partition coefficient (Wildman–Crippen LogP) is 4.05. The van der Waals surface area contributed by atoms with Crippen LogP contribution in [-0.2, 0) is 6.42 Å². The fourth-order valence-corrected chi connectivity index (χ4v) is 4.05. The van der Waals surface area contributed by atoms with Gasteiger partial charge in [0.15, 0.2) is 0 Å². The topological polar surface area (TPSA) is 45.4 Å². The molecule has 0 saturated carbocycles. The maximum absolute atomic E-state index is 9.68. The van der Waals surface area contributed by atoms with Crippen molar-refractivity contribution in [3.05, 3.63) is 108 Å². The molecule has 0 fully saturated rings. The Kier molecular flexibility index (Phi) is 4.43. The molecule has 0 bridgehead atoms. The van der Waals surface area contributed by atoms with Crippen LogP contribution in [0.15, 0.2) is 97.1 Å². The first-order chi connectivity index (χ1) is 14.2. The summed E-state index contributed by atoms with van der Waals surface area (Å²) >= 11 is 0. The van der Waals surface area contributed by atoms with E-state index in [1.54, 1.807) is 6.07 Å². The summed E-state index contributed by atoms with van der Waals surface area (Å²) in [6, 6.07) is 32.9. The normalized spacial score (nSPS) is 11.2. The predicted molar refractivity (Wildman–Crippen MR) is 120 cm³/mol. The average Bonchev–Trinajstić information content (AvgIpc) is 3.08. The van der Waals surface area contributed by atoms with Crippen molar-refractivity contribution in [1.82, 2.24) is 4.57 Å². The maximum atomic E-state index is 9.68. The van der Waals surface area contributed by atoms with Crippen LogP contribution < -0.4 is 5.46 Å². The van der Waals surface area contributed by atoms with Crippen molar-refractivity contribution < 1.29 is 10.0 Å². The fraction of sp³-hybridized carbons (Fsp3) is 0.0400. The minimum absolute atomic E-state index is 0.498. The minimum Gasteiger partial charge on any atom is -0.423 e. The van der Waals surface area contributed by atoms with Crippen LogP contribution in [0.5, 0.6) is 0 Å². The largest absolute Gasteiger partial charge is 0.488 e. The van der Waals surface area contributed by atoms with Gasteiger partial charge in [0.25, 0.3) is 0 Å². The van der Waals surface area contributed by atoms with Crippen molar-refractivity contribution in [3.8, 4) is 5.69 Å². The summed E-state index contributed by atoms with van der Waals surface area (Å²) in [5.41, 5.74) is 6.23. The summed E-state index contributed by atoms with van der Waals surface area (Å²) in [5.74, 6) is 0. The summed E-state index contributed by atoms with van der Waals surface area (Å²) in [6.45, 7) is 0. The Labute approximate surface area is 169 Å². The van der Waals surface area contributed by atoms with Crippen molar-refractivity contribution >= 4 is 34.4 Å². The molecule has 5 rings (SSSR count). The van der Waals surface area contributed by atoms with Gasteiger partial charge in [0.1, 0.15) is 0 Å². The van der Waals surface area contributed by atoms with E-state index in [-0.39, 0.29) is 0 Å². The van der Waals surface area contributed by atoms with Gasteiger partial charge in [0.05, 0.1) is 11.0 Å². The van der Waals surface area contributed by atoms with E-state index in [4.69, 9.17) is 0 Å². The van der Waals surface area contributed by atoms with E-state index in [1.807, 2.05) is 36.4 Å². The molecule has 1 heterocycles. The van der Waals surface area contributed by atoms with E-state index < -0.39 is 7.12 Å². The highest BCUT2D eigenvalue weighted by molar-refractivity contribution is 6.59. The van der Waals surface area contributed by atoms with Gasteiger partial charge in [-0.1, -0.05) is 66.7 Å². The molecular weight excluding hydrogens is 357 g/mol. The van der Waals surface area contributed by atoms with Gasteiger partial charge in [0, 0.05) is 16.5 Å². The average molecular weight is 377 g/mol. The molecule has 0 aliphatic rings. The van der Waals surface area contributed by atoms with Crippen LogP contribution >= 0.6 is 0 Å². The van der Waals surface area contributed by atoms with E-state index in [0.717, 1.165) is 33.9 Å². The van der Waals surface area contributed by atoms with Crippen molar-refractivity contribution in [2.24, 2.45) is 0 Å². The first-order valence-electron chi connectivity index (χ1n) is 9.73. The monoisotopic (exact) mass is 377 g/mol. The molecular formula is C25H20BNO2. The van der Waals surface area contributed by atoms with Gasteiger partial charge in [0.2, 0.25) is 0 Å². The lowest BCUT2D eigenvalue weighted by Crippen LogP contribution is -2.29. The Morgan fingerprint density at radius 3 is 1.93 bits per heavy atom. The number of para-hydroxylation sites is 1. The Bertz CT molecular complexity index is 1290. The molecule has 0 amide bonds. The lowest BCUT2D eigenvalue weighted by atomic mass is 9.80. The van der Waals surface area contributed by atoms with Crippen LogP contribution in [-0.4, -0.2) is 21.7 Å². The smallest absolute Gasteiger partial charge is 0.423 e. The van der Waals surface area contributed by atoms with Crippen LogP contribution in [0.25, 0.3) is 27.5 Å². The lowest BCUT2D eigenvalue weighted by Gasteiger charge is -2.08.